The Balaban J connectivity index is 1.67. The van der Waals surface area contributed by atoms with Crippen LogP contribution in [0.4, 0.5) is 11.4 Å². The summed E-state index contributed by atoms with van der Waals surface area (Å²) in [7, 11) is 0. The summed E-state index contributed by atoms with van der Waals surface area (Å²) in [5, 5.41) is 18.7. The van der Waals surface area contributed by atoms with Crippen LogP contribution in [0, 0.1) is 5.92 Å². The maximum absolute atomic E-state index is 9.25. The minimum absolute atomic E-state index is 0.310. The highest BCUT2D eigenvalue weighted by atomic mass is 32.1. The number of anilines is 2. The Morgan fingerprint density at radius 1 is 1.29 bits per heavy atom. The third kappa shape index (κ3) is 3.51. The number of hydrogen-bond acceptors (Lipinski definition) is 6. The van der Waals surface area contributed by atoms with Gasteiger partial charge in [0, 0.05) is 25.1 Å². The number of aromatic nitrogens is 2. The zero-order valence-electron chi connectivity index (χ0n) is 11.9. The highest BCUT2D eigenvalue weighted by Crippen LogP contribution is 2.29. The summed E-state index contributed by atoms with van der Waals surface area (Å²) in [5.41, 5.74) is 3.33. The van der Waals surface area contributed by atoms with E-state index in [-0.39, 0.29) is 0 Å². The lowest BCUT2D eigenvalue weighted by atomic mass is 9.97. The van der Waals surface area contributed by atoms with Crippen LogP contribution in [-0.2, 0) is 6.54 Å². The van der Waals surface area contributed by atoms with E-state index in [1.165, 1.54) is 17.2 Å². The molecule has 2 aromatic rings. The fourth-order valence-corrected chi connectivity index (χ4v) is 3.15. The van der Waals surface area contributed by atoms with Gasteiger partial charge in [0.05, 0.1) is 23.6 Å². The normalized spacial score (nSPS) is 16.1. The Bertz CT molecular complexity index is 553. The average molecular weight is 304 g/mol. The van der Waals surface area contributed by atoms with Gasteiger partial charge in [0.25, 0.3) is 0 Å². The van der Waals surface area contributed by atoms with E-state index >= 15 is 0 Å². The van der Waals surface area contributed by atoms with Crippen molar-refractivity contribution in [3.63, 3.8) is 0 Å². The first-order chi connectivity index (χ1) is 10.4. The number of benzene rings is 1. The topological polar surface area (TPSA) is 61.3 Å². The van der Waals surface area contributed by atoms with E-state index < -0.39 is 0 Å². The first kappa shape index (κ1) is 14.3. The summed E-state index contributed by atoms with van der Waals surface area (Å²) in [4.78, 5) is 2.40. The van der Waals surface area contributed by atoms with E-state index in [4.69, 9.17) is 0 Å². The molecule has 1 aromatic heterocycles. The van der Waals surface area contributed by atoms with Crippen LogP contribution in [0.15, 0.2) is 29.6 Å². The Kier molecular flexibility index (Phi) is 4.67. The zero-order valence-corrected chi connectivity index (χ0v) is 12.7. The van der Waals surface area contributed by atoms with Gasteiger partial charge in [-0.25, -0.2) is 0 Å². The van der Waals surface area contributed by atoms with Gasteiger partial charge in [0.2, 0.25) is 0 Å². The molecule has 2 N–H and O–H groups in total. The van der Waals surface area contributed by atoms with Crippen molar-refractivity contribution in [2.75, 3.05) is 29.9 Å². The lowest BCUT2D eigenvalue weighted by Gasteiger charge is -2.34. The third-order valence-electron chi connectivity index (χ3n) is 3.98. The SMILES string of the molecule is OCC1CCN(c2ccccc2NCc2csnn2)CC1. The Morgan fingerprint density at radius 3 is 2.81 bits per heavy atom. The molecule has 3 rings (SSSR count). The van der Waals surface area contributed by atoms with Crippen molar-refractivity contribution in [3.05, 3.63) is 35.3 Å². The van der Waals surface area contributed by atoms with Crippen molar-refractivity contribution in [1.29, 1.82) is 0 Å². The molecule has 0 amide bonds. The van der Waals surface area contributed by atoms with Gasteiger partial charge in [-0.15, -0.1) is 5.10 Å². The van der Waals surface area contributed by atoms with Crippen molar-refractivity contribution >= 4 is 22.9 Å². The van der Waals surface area contributed by atoms with E-state index in [9.17, 15) is 5.11 Å². The molecule has 0 unspecified atom stereocenters. The third-order valence-corrected chi connectivity index (χ3v) is 4.54. The van der Waals surface area contributed by atoms with Crippen molar-refractivity contribution in [3.8, 4) is 0 Å². The summed E-state index contributed by atoms with van der Waals surface area (Å²) in [6.07, 6.45) is 2.11. The molecule has 5 nitrogen and oxygen atoms in total. The fourth-order valence-electron chi connectivity index (χ4n) is 2.70. The average Bonchev–Trinajstić information content (AvgIpc) is 3.07. The summed E-state index contributed by atoms with van der Waals surface area (Å²) in [5.74, 6) is 0.461. The summed E-state index contributed by atoms with van der Waals surface area (Å²) < 4.78 is 3.88. The van der Waals surface area contributed by atoms with Crippen LogP contribution >= 0.6 is 11.5 Å². The number of nitrogens with one attached hydrogen (secondary N) is 1. The zero-order chi connectivity index (χ0) is 14.5. The minimum atomic E-state index is 0.310. The van der Waals surface area contributed by atoms with Crippen LogP contribution in [-0.4, -0.2) is 34.4 Å². The van der Waals surface area contributed by atoms with Crippen LogP contribution in [0.3, 0.4) is 0 Å². The standard InChI is InChI=1S/C15H20N4OS/c20-10-12-5-7-19(8-6-12)15-4-2-1-3-14(15)16-9-13-11-21-18-17-13/h1-4,11-12,16,20H,5-10H2. The maximum atomic E-state index is 9.25. The number of piperidine rings is 1. The van der Waals surface area contributed by atoms with Crippen LogP contribution in [0.25, 0.3) is 0 Å². The highest BCUT2D eigenvalue weighted by molar-refractivity contribution is 7.03. The number of aliphatic hydroxyl groups is 1. The van der Waals surface area contributed by atoms with Crippen LogP contribution in [0.5, 0.6) is 0 Å². The Morgan fingerprint density at radius 2 is 2.10 bits per heavy atom. The molecular formula is C15H20N4OS. The highest BCUT2D eigenvalue weighted by Gasteiger charge is 2.20. The van der Waals surface area contributed by atoms with Gasteiger partial charge in [-0.1, -0.05) is 16.6 Å². The monoisotopic (exact) mass is 304 g/mol. The summed E-state index contributed by atoms with van der Waals surface area (Å²) in [6, 6.07) is 8.38. The Labute approximate surface area is 128 Å². The van der Waals surface area contributed by atoms with E-state index in [0.717, 1.165) is 37.3 Å². The number of aliphatic hydroxyl groups excluding tert-OH is 1. The fraction of sp³-hybridized carbons (Fsp3) is 0.467. The summed E-state index contributed by atoms with van der Waals surface area (Å²) in [6.45, 7) is 3.01. The van der Waals surface area contributed by atoms with Crippen LogP contribution in [0.2, 0.25) is 0 Å². The molecule has 0 atom stereocenters. The second kappa shape index (κ2) is 6.87. The summed E-state index contributed by atoms with van der Waals surface area (Å²) >= 11 is 1.37. The molecule has 0 bridgehead atoms. The smallest absolute Gasteiger partial charge is 0.0946 e. The number of nitrogens with zero attached hydrogens (tertiary/aromatic N) is 3. The van der Waals surface area contributed by atoms with Gasteiger partial charge in [0.1, 0.15) is 0 Å². The maximum Gasteiger partial charge on any atom is 0.0946 e. The lowest BCUT2D eigenvalue weighted by molar-refractivity contribution is 0.203. The largest absolute Gasteiger partial charge is 0.396 e. The van der Waals surface area contributed by atoms with Crippen molar-refractivity contribution < 1.29 is 5.11 Å². The molecule has 21 heavy (non-hydrogen) atoms. The van der Waals surface area contributed by atoms with Gasteiger partial charge >= 0.3 is 0 Å². The lowest BCUT2D eigenvalue weighted by Crippen LogP contribution is -2.35. The van der Waals surface area contributed by atoms with Gasteiger partial charge in [0.15, 0.2) is 0 Å². The van der Waals surface area contributed by atoms with Crippen molar-refractivity contribution in [2.24, 2.45) is 5.92 Å². The molecule has 1 aromatic carbocycles. The van der Waals surface area contributed by atoms with E-state index in [1.54, 1.807) is 0 Å². The van der Waals surface area contributed by atoms with E-state index in [1.807, 2.05) is 11.4 Å². The molecule has 0 aliphatic carbocycles. The molecule has 1 aliphatic rings. The molecule has 1 fully saturated rings. The number of para-hydroxylation sites is 2. The second-order valence-corrected chi connectivity index (χ2v) is 5.99. The quantitative estimate of drug-likeness (QED) is 0.888. The molecule has 1 aliphatic heterocycles. The number of hydrogen-bond donors (Lipinski definition) is 2. The number of rotatable bonds is 5. The molecule has 1 saturated heterocycles. The van der Waals surface area contributed by atoms with Crippen molar-refractivity contribution in [2.45, 2.75) is 19.4 Å². The molecule has 6 heteroatoms. The van der Waals surface area contributed by atoms with Crippen LogP contribution < -0.4 is 10.2 Å². The minimum Gasteiger partial charge on any atom is -0.396 e. The van der Waals surface area contributed by atoms with E-state index in [0.29, 0.717) is 19.1 Å². The van der Waals surface area contributed by atoms with Gasteiger partial charge in [-0.3, -0.25) is 0 Å². The van der Waals surface area contributed by atoms with Gasteiger partial charge < -0.3 is 15.3 Å². The predicted octanol–water partition coefficient (Wildman–Crippen LogP) is 2.36. The van der Waals surface area contributed by atoms with E-state index in [2.05, 4.69) is 38.0 Å². The molecule has 0 radical (unpaired) electrons. The van der Waals surface area contributed by atoms with Crippen LogP contribution in [0.1, 0.15) is 18.5 Å². The Hall–Kier alpha value is -1.66. The van der Waals surface area contributed by atoms with Gasteiger partial charge in [-0.05, 0) is 42.4 Å². The predicted molar refractivity (Wildman–Crippen MR) is 85.7 cm³/mol. The van der Waals surface area contributed by atoms with Crippen molar-refractivity contribution in [1.82, 2.24) is 9.59 Å². The van der Waals surface area contributed by atoms with Gasteiger partial charge in [-0.2, -0.15) is 0 Å². The first-order valence-corrected chi connectivity index (χ1v) is 8.15. The molecular weight excluding hydrogens is 284 g/mol. The second-order valence-electron chi connectivity index (χ2n) is 5.38. The molecule has 112 valence electrons. The molecule has 2 heterocycles. The first-order valence-electron chi connectivity index (χ1n) is 7.31. The molecule has 0 saturated carbocycles. The molecule has 0 spiro atoms.